The zero-order chi connectivity index (χ0) is 19.8. The largest absolute Gasteiger partial charge is 0.496 e. The zero-order valence-corrected chi connectivity index (χ0v) is 16.1. The van der Waals surface area contributed by atoms with Crippen molar-refractivity contribution >= 4 is 11.9 Å². The van der Waals surface area contributed by atoms with Crippen LogP contribution < -0.4 is 10.1 Å². The van der Waals surface area contributed by atoms with E-state index in [2.05, 4.69) is 5.32 Å². The van der Waals surface area contributed by atoms with E-state index < -0.39 is 11.9 Å². The van der Waals surface area contributed by atoms with Crippen molar-refractivity contribution in [1.29, 1.82) is 0 Å². The highest BCUT2D eigenvalue weighted by atomic mass is 16.5. The van der Waals surface area contributed by atoms with E-state index in [0.717, 1.165) is 22.4 Å². The van der Waals surface area contributed by atoms with Crippen molar-refractivity contribution in [2.24, 2.45) is 5.92 Å². The highest BCUT2D eigenvalue weighted by molar-refractivity contribution is 5.78. The molecule has 2 unspecified atom stereocenters. The van der Waals surface area contributed by atoms with E-state index >= 15 is 0 Å². The minimum Gasteiger partial charge on any atom is -0.496 e. The minimum absolute atomic E-state index is 0.0267. The van der Waals surface area contributed by atoms with Gasteiger partial charge in [-0.1, -0.05) is 55.0 Å². The van der Waals surface area contributed by atoms with Gasteiger partial charge < -0.3 is 15.2 Å². The van der Waals surface area contributed by atoms with E-state index in [1.165, 1.54) is 0 Å². The van der Waals surface area contributed by atoms with Gasteiger partial charge in [0.05, 0.1) is 13.0 Å². The second-order valence-electron chi connectivity index (χ2n) is 6.88. The van der Waals surface area contributed by atoms with Gasteiger partial charge in [-0.25, -0.2) is 0 Å². The monoisotopic (exact) mass is 369 g/mol. The summed E-state index contributed by atoms with van der Waals surface area (Å²) in [6, 6.07) is 15.4. The van der Waals surface area contributed by atoms with Crippen molar-refractivity contribution in [3.8, 4) is 5.75 Å². The number of nitrogens with one attached hydrogen (secondary N) is 1. The third-order valence-electron chi connectivity index (χ3n) is 4.62. The summed E-state index contributed by atoms with van der Waals surface area (Å²) < 4.78 is 5.34. The lowest BCUT2D eigenvalue weighted by Gasteiger charge is -2.17. The van der Waals surface area contributed by atoms with Crippen LogP contribution in [0.4, 0.5) is 0 Å². The lowest BCUT2D eigenvalue weighted by atomic mass is 9.95. The van der Waals surface area contributed by atoms with Gasteiger partial charge in [-0.3, -0.25) is 9.59 Å². The molecule has 0 bridgehead atoms. The van der Waals surface area contributed by atoms with Crippen molar-refractivity contribution in [3.05, 3.63) is 65.2 Å². The van der Waals surface area contributed by atoms with Crippen LogP contribution in [0.3, 0.4) is 0 Å². The lowest BCUT2D eigenvalue weighted by molar-refractivity contribution is -0.141. The van der Waals surface area contributed by atoms with Crippen LogP contribution in [0.15, 0.2) is 48.5 Å². The number of amides is 1. The molecule has 0 aliphatic rings. The van der Waals surface area contributed by atoms with Crippen LogP contribution in [0.5, 0.6) is 5.75 Å². The molecule has 0 aliphatic heterocycles. The number of hydrogen-bond donors (Lipinski definition) is 2. The molecule has 0 heterocycles. The van der Waals surface area contributed by atoms with Gasteiger partial charge in [0.15, 0.2) is 0 Å². The molecule has 0 aliphatic carbocycles. The van der Waals surface area contributed by atoms with Crippen molar-refractivity contribution in [2.45, 2.75) is 32.6 Å². The molecule has 0 saturated carbocycles. The topological polar surface area (TPSA) is 75.6 Å². The van der Waals surface area contributed by atoms with Crippen LogP contribution in [-0.4, -0.2) is 30.6 Å². The fourth-order valence-electron chi connectivity index (χ4n) is 3.14. The van der Waals surface area contributed by atoms with Crippen LogP contribution in [-0.2, 0) is 16.0 Å². The number of rotatable bonds is 9. The van der Waals surface area contributed by atoms with E-state index in [9.17, 15) is 14.7 Å². The van der Waals surface area contributed by atoms with E-state index in [0.29, 0.717) is 6.42 Å². The van der Waals surface area contributed by atoms with Crippen LogP contribution in [0.1, 0.15) is 36.0 Å². The van der Waals surface area contributed by atoms with E-state index in [4.69, 9.17) is 4.74 Å². The Labute approximate surface area is 160 Å². The molecule has 0 saturated heterocycles. The number of methoxy groups -OCH3 is 1. The first-order valence-electron chi connectivity index (χ1n) is 9.08. The molecule has 0 spiro atoms. The summed E-state index contributed by atoms with van der Waals surface area (Å²) in [5, 5.41) is 12.3. The van der Waals surface area contributed by atoms with Crippen LogP contribution >= 0.6 is 0 Å². The molecule has 0 fully saturated rings. The van der Waals surface area contributed by atoms with E-state index in [1.54, 1.807) is 7.11 Å². The Morgan fingerprint density at radius 2 is 1.89 bits per heavy atom. The fourth-order valence-corrected chi connectivity index (χ4v) is 3.14. The van der Waals surface area contributed by atoms with E-state index in [-0.39, 0.29) is 24.8 Å². The summed E-state index contributed by atoms with van der Waals surface area (Å²) in [6.45, 7) is 4.04. The van der Waals surface area contributed by atoms with Crippen LogP contribution in [0, 0.1) is 12.8 Å². The molecule has 144 valence electrons. The summed E-state index contributed by atoms with van der Waals surface area (Å²) in [5.74, 6) is -1.00. The Hall–Kier alpha value is -2.82. The normalized spacial score (nSPS) is 12.9. The minimum atomic E-state index is -0.908. The van der Waals surface area contributed by atoms with Gasteiger partial charge in [-0.05, 0) is 36.5 Å². The first kappa shape index (κ1) is 20.5. The van der Waals surface area contributed by atoms with Gasteiger partial charge in [-0.15, -0.1) is 0 Å². The second kappa shape index (κ2) is 9.76. The van der Waals surface area contributed by atoms with Crippen LogP contribution in [0.2, 0.25) is 0 Å². The van der Waals surface area contributed by atoms with Gasteiger partial charge >= 0.3 is 5.97 Å². The first-order valence-corrected chi connectivity index (χ1v) is 9.08. The number of hydrogen-bond acceptors (Lipinski definition) is 3. The van der Waals surface area contributed by atoms with Crippen molar-refractivity contribution in [2.75, 3.05) is 13.7 Å². The third-order valence-corrected chi connectivity index (χ3v) is 4.62. The average Bonchev–Trinajstić information content (AvgIpc) is 2.64. The summed E-state index contributed by atoms with van der Waals surface area (Å²) >= 11 is 0. The Kier molecular flexibility index (Phi) is 7.41. The summed E-state index contributed by atoms with van der Waals surface area (Å²) in [7, 11) is 1.61. The molecule has 2 N–H and O–H groups in total. The number of ether oxygens (including phenoxy) is 1. The number of benzene rings is 2. The number of aryl methyl sites for hydroxylation is 1. The van der Waals surface area contributed by atoms with Gasteiger partial charge in [0.25, 0.3) is 0 Å². The summed E-state index contributed by atoms with van der Waals surface area (Å²) in [6.07, 6.45) is 0.663. The summed E-state index contributed by atoms with van der Waals surface area (Å²) in [4.78, 5) is 23.9. The van der Waals surface area contributed by atoms with Gasteiger partial charge in [0, 0.05) is 13.0 Å². The molecule has 27 heavy (non-hydrogen) atoms. The maximum atomic E-state index is 12.3. The Morgan fingerprint density at radius 3 is 2.56 bits per heavy atom. The molecule has 5 heteroatoms. The number of para-hydroxylation sites is 1. The SMILES string of the molecule is COc1ccccc1C(C)CC(=O)NCC(Cc1cccc(C)c1)C(=O)O. The molecular weight excluding hydrogens is 342 g/mol. The van der Waals surface area contributed by atoms with Crippen molar-refractivity contribution in [1.82, 2.24) is 5.32 Å². The lowest BCUT2D eigenvalue weighted by Crippen LogP contribution is -2.34. The molecule has 5 nitrogen and oxygen atoms in total. The molecule has 1 amide bonds. The molecule has 2 rings (SSSR count). The van der Waals surface area contributed by atoms with Crippen molar-refractivity contribution in [3.63, 3.8) is 0 Å². The first-order chi connectivity index (χ1) is 12.9. The number of aliphatic carboxylic acids is 1. The molecule has 0 aromatic heterocycles. The number of carbonyl (C=O) groups is 2. The Bertz CT molecular complexity index is 787. The Morgan fingerprint density at radius 1 is 1.15 bits per heavy atom. The fraction of sp³-hybridized carbons (Fsp3) is 0.364. The van der Waals surface area contributed by atoms with Gasteiger partial charge in [-0.2, -0.15) is 0 Å². The maximum absolute atomic E-state index is 12.3. The zero-order valence-electron chi connectivity index (χ0n) is 16.1. The maximum Gasteiger partial charge on any atom is 0.308 e. The molecule has 2 aromatic rings. The number of carboxylic acid groups (broad SMARTS) is 1. The van der Waals surface area contributed by atoms with Crippen LogP contribution in [0.25, 0.3) is 0 Å². The average molecular weight is 369 g/mol. The smallest absolute Gasteiger partial charge is 0.308 e. The highest BCUT2D eigenvalue weighted by Crippen LogP contribution is 2.28. The standard InChI is InChI=1S/C22H27NO4/c1-15-7-6-8-17(11-15)13-18(22(25)26)14-23-21(24)12-16(2)19-9-4-5-10-20(19)27-3/h4-11,16,18H,12-14H2,1-3H3,(H,23,24)(H,25,26). The van der Waals surface area contributed by atoms with Crippen molar-refractivity contribution < 1.29 is 19.4 Å². The molecule has 0 radical (unpaired) electrons. The summed E-state index contributed by atoms with van der Waals surface area (Å²) in [5.41, 5.74) is 3.01. The number of carboxylic acids is 1. The number of carbonyl (C=O) groups excluding carboxylic acids is 1. The Balaban J connectivity index is 1.92. The molecule has 2 atom stereocenters. The molecule has 2 aromatic carbocycles. The quantitative estimate of drug-likeness (QED) is 0.709. The predicted molar refractivity (Wildman–Crippen MR) is 105 cm³/mol. The van der Waals surface area contributed by atoms with Gasteiger partial charge in [0.2, 0.25) is 5.91 Å². The highest BCUT2D eigenvalue weighted by Gasteiger charge is 2.20. The van der Waals surface area contributed by atoms with Gasteiger partial charge in [0.1, 0.15) is 5.75 Å². The third kappa shape index (κ3) is 6.13. The second-order valence-corrected chi connectivity index (χ2v) is 6.88. The predicted octanol–water partition coefficient (Wildman–Crippen LogP) is 3.56. The molecular formula is C22H27NO4. The van der Waals surface area contributed by atoms with E-state index in [1.807, 2.05) is 62.4 Å².